The molecule has 1 aromatic carbocycles. The van der Waals surface area contributed by atoms with Crippen molar-refractivity contribution in [2.24, 2.45) is 0 Å². The van der Waals surface area contributed by atoms with Crippen molar-refractivity contribution in [3.05, 3.63) is 31.5 Å². The van der Waals surface area contributed by atoms with Crippen LogP contribution in [0, 0.1) is 0 Å². The van der Waals surface area contributed by atoms with Gasteiger partial charge in [-0.05, 0) is 58.7 Å². The Morgan fingerprint density at radius 3 is 2.60 bits per heavy atom. The fourth-order valence-electron chi connectivity index (χ4n) is 2.68. The zero-order valence-corrected chi connectivity index (χ0v) is 17.0. The number of imide groups is 1. The predicted octanol–water partition coefficient (Wildman–Crippen LogP) is 3.58. The zero-order valence-electron chi connectivity index (χ0n) is 13.0. The Balaban J connectivity index is 1.80. The van der Waals surface area contributed by atoms with Crippen LogP contribution in [0.5, 0.6) is 5.75 Å². The van der Waals surface area contributed by atoms with Crippen molar-refractivity contribution < 1.29 is 19.5 Å². The standard InChI is InChI=1S/C16H14Br2N2O4S/c17-10-5-9(14(22)11(18)7-10)6-12-15(23)20(16(24)25-12)8-13(21)19-3-1-2-4-19/h5-7,22H,1-4,8H2/b12-6-. The Morgan fingerprint density at radius 2 is 1.92 bits per heavy atom. The number of thioether (sulfide) groups is 1. The summed E-state index contributed by atoms with van der Waals surface area (Å²) in [4.78, 5) is 39.6. The van der Waals surface area contributed by atoms with Crippen molar-refractivity contribution in [1.82, 2.24) is 9.80 Å². The van der Waals surface area contributed by atoms with E-state index in [0.717, 1.165) is 29.5 Å². The molecular weight excluding hydrogens is 476 g/mol. The lowest BCUT2D eigenvalue weighted by Gasteiger charge is -2.18. The number of likely N-dealkylation sites (tertiary alicyclic amines) is 1. The monoisotopic (exact) mass is 488 g/mol. The summed E-state index contributed by atoms with van der Waals surface area (Å²) < 4.78 is 1.18. The maximum Gasteiger partial charge on any atom is 0.294 e. The number of carbonyl (C=O) groups excluding carboxylic acids is 3. The van der Waals surface area contributed by atoms with Crippen LogP contribution in [0.4, 0.5) is 4.79 Å². The molecule has 2 fully saturated rings. The van der Waals surface area contributed by atoms with Crippen LogP contribution in [-0.2, 0) is 9.59 Å². The molecule has 1 N–H and O–H groups in total. The molecule has 3 amide bonds. The van der Waals surface area contributed by atoms with Crippen molar-refractivity contribution in [3.8, 4) is 5.75 Å². The van der Waals surface area contributed by atoms with E-state index < -0.39 is 11.1 Å². The lowest BCUT2D eigenvalue weighted by molar-refractivity contribution is -0.135. The van der Waals surface area contributed by atoms with Crippen LogP contribution in [0.3, 0.4) is 0 Å². The van der Waals surface area contributed by atoms with Gasteiger partial charge in [0.2, 0.25) is 5.91 Å². The molecule has 6 nitrogen and oxygen atoms in total. The first-order valence-corrected chi connectivity index (χ1v) is 9.98. The van der Waals surface area contributed by atoms with E-state index in [9.17, 15) is 19.5 Å². The summed E-state index contributed by atoms with van der Waals surface area (Å²) in [5, 5.41) is 9.62. The summed E-state index contributed by atoms with van der Waals surface area (Å²) in [5.41, 5.74) is 0.401. The minimum atomic E-state index is -0.516. The van der Waals surface area contributed by atoms with Crippen LogP contribution in [0.15, 0.2) is 26.0 Å². The number of phenols is 1. The summed E-state index contributed by atoms with van der Waals surface area (Å²) in [7, 11) is 0. The van der Waals surface area contributed by atoms with Crippen LogP contribution < -0.4 is 0 Å². The molecule has 0 aliphatic carbocycles. The van der Waals surface area contributed by atoms with Crippen molar-refractivity contribution in [2.45, 2.75) is 12.8 Å². The molecule has 132 valence electrons. The van der Waals surface area contributed by atoms with E-state index in [-0.39, 0.29) is 23.1 Å². The highest BCUT2D eigenvalue weighted by molar-refractivity contribution is 9.11. The number of benzene rings is 1. The topological polar surface area (TPSA) is 77.9 Å². The number of rotatable bonds is 3. The number of halogens is 2. The van der Waals surface area contributed by atoms with Gasteiger partial charge in [-0.2, -0.15) is 0 Å². The Kier molecular flexibility index (Phi) is 5.55. The fraction of sp³-hybridized carbons (Fsp3) is 0.312. The van der Waals surface area contributed by atoms with Gasteiger partial charge in [-0.3, -0.25) is 19.3 Å². The van der Waals surface area contributed by atoms with Gasteiger partial charge in [0.25, 0.3) is 11.1 Å². The third kappa shape index (κ3) is 3.93. The molecule has 0 unspecified atom stereocenters. The first-order valence-electron chi connectivity index (χ1n) is 7.58. The van der Waals surface area contributed by atoms with Crippen LogP contribution in [0.25, 0.3) is 6.08 Å². The first kappa shape index (κ1) is 18.5. The molecule has 0 aromatic heterocycles. The molecule has 2 aliphatic rings. The maximum atomic E-state index is 12.5. The molecule has 1 aromatic rings. The molecule has 2 heterocycles. The van der Waals surface area contributed by atoms with Gasteiger partial charge in [-0.1, -0.05) is 15.9 Å². The molecule has 0 bridgehead atoms. The Bertz CT molecular complexity index is 791. The third-order valence-electron chi connectivity index (χ3n) is 3.97. The Hall–Kier alpha value is -1.32. The van der Waals surface area contributed by atoms with Crippen LogP contribution in [0.1, 0.15) is 18.4 Å². The van der Waals surface area contributed by atoms with Gasteiger partial charge in [0, 0.05) is 23.1 Å². The average Bonchev–Trinajstić information content (AvgIpc) is 3.17. The summed E-state index contributed by atoms with van der Waals surface area (Å²) in [6.45, 7) is 1.10. The quantitative estimate of drug-likeness (QED) is 0.656. The molecule has 3 rings (SSSR count). The van der Waals surface area contributed by atoms with E-state index in [1.54, 1.807) is 17.0 Å². The molecule has 0 saturated carbocycles. The van der Waals surface area contributed by atoms with Crippen LogP contribution >= 0.6 is 43.6 Å². The lowest BCUT2D eigenvalue weighted by atomic mass is 10.2. The molecule has 0 radical (unpaired) electrons. The smallest absolute Gasteiger partial charge is 0.294 e. The number of hydrogen-bond acceptors (Lipinski definition) is 5. The Labute approximate surface area is 165 Å². The van der Waals surface area contributed by atoms with E-state index in [2.05, 4.69) is 31.9 Å². The summed E-state index contributed by atoms with van der Waals surface area (Å²) in [6, 6.07) is 3.32. The van der Waals surface area contributed by atoms with Crippen molar-refractivity contribution in [2.75, 3.05) is 19.6 Å². The van der Waals surface area contributed by atoms with Crippen LogP contribution in [0.2, 0.25) is 0 Å². The number of nitrogens with zero attached hydrogens (tertiary/aromatic N) is 2. The highest BCUT2D eigenvalue weighted by atomic mass is 79.9. The van der Waals surface area contributed by atoms with Gasteiger partial charge in [-0.15, -0.1) is 0 Å². The molecule has 25 heavy (non-hydrogen) atoms. The number of carbonyl (C=O) groups is 3. The molecular formula is C16H14Br2N2O4S. The summed E-state index contributed by atoms with van der Waals surface area (Å²) in [6.07, 6.45) is 3.35. The number of amides is 3. The van der Waals surface area contributed by atoms with Gasteiger partial charge in [0.1, 0.15) is 12.3 Å². The van der Waals surface area contributed by atoms with Gasteiger partial charge in [0.15, 0.2) is 0 Å². The van der Waals surface area contributed by atoms with Gasteiger partial charge in [0.05, 0.1) is 9.38 Å². The number of phenolic OH excluding ortho intramolecular Hbond substituents is 1. The molecule has 9 heteroatoms. The molecule has 0 atom stereocenters. The largest absolute Gasteiger partial charge is 0.506 e. The fourth-order valence-corrected chi connectivity index (χ4v) is 4.76. The second kappa shape index (κ2) is 7.51. The van der Waals surface area contributed by atoms with Gasteiger partial charge < -0.3 is 10.0 Å². The van der Waals surface area contributed by atoms with Gasteiger partial charge >= 0.3 is 0 Å². The van der Waals surface area contributed by atoms with E-state index in [0.29, 0.717) is 27.6 Å². The average molecular weight is 490 g/mol. The van der Waals surface area contributed by atoms with E-state index in [1.807, 2.05) is 0 Å². The second-order valence-electron chi connectivity index (χ2n) is 5.68. The highest BCUT2D eigenvalue weighted by Gasteiger charge is 2.37. The summed E-state index contributed by atoms with van der Waals surface area (Å²) in [5.74, 6) is -0.754. The van der Waals surface area contributed by atoms with Crippen LogP contribution in [-0.4, -0.2) is 51.6 Å². The minimum absolute atomic E-state index is 0.0249. The number of aromatic hydroxyl groups is 1. The zero-order chi connectivity index (χ0) is 18.1. The normalized spacial score (nSPS) is 19.4. The Morgan fingerprint density at radius 1 is 1.24 bits per heavy atom. The van der Waals surface area contributed by atoms with E-state index in [1.165, 1.54) is 6.08 Å². The molecule has 2 saturated heterocycles. The third-order valence-corrected chi connectivity index (χ3v) is 5.94. The maximum absolute atomic E-state index is 12.5. The summed E-state index contributed by atoms with van der Waals surface area (Å²) >= 11 is 7.31. The minimum Gasteiger partial charge on any atom is -0.506 e. The SMILES string of the molecule is O=C(CN1C(=O)S/C(=C\c2cc(Br)cc(Br)c2O)C1=O)N1CCCC1. The molecule has 2 aliphatic heterocycles. The number of hydrogen-bond donors (Lipinski definition) is 1. The second-order valence-corrected chi connectivity index (χ2v) is 8.44. The van der Waals surface area contributed by atoms with Gasteiger partial charge in [-0.25, -0.2) is 0 Å². The van der Waals surface area contributed by atoms with E-state index in [4.69, 9.17) is 0 Å². The highest BCUT2D eigenvalue weighted by Crippen LogP contribution is 2.37. The van der Waals surface area contributed by atoms with Crippen molar-refractivity contribution >= 4 is 66.8 Å². The van der Waals surface area contributed by atoms with E-state index >= 15 is 0 Å². The van der Waals surface area contributed by atoms with Crippen molar-refractivity contribution in [3.63, 3.8) is 0 Å². The first-order chi connectivity index (χ1) is 11.9. The van der Waals surface area contributed by atoms with Crippen molar-refractivity contribution in [1.29, 1.82) is 0 Å². The predicted molar refractivity (Wildman–Crippen MR) is 102 cm³/mol. The lowest BCUT2D eigenvalue weighted by Crippen LogP contribution is -2.40. The molecule has 0 spiro atoms.